The number of piperidine rings is 1. The number of aromatic hydroxyl groups is 1. The average Bonchev–Trinajstić information content (AvgIpc) is 3.10. The largest absolute Gasteiger partial charge is 0.506 e. The Morgan fingerprint density at radius 2 is 1.72 bits per heavy atom. The highest BCUT2D eigenvalue weighted by Gasteiger charge is 2.28. The van der Waals surface area contributed by atoms with Crippen LogP contribution >= 0.6 is 0 Å². The number of pyridine rings is 1. The van der Waals surface area contributed by atoms with E-state index in [1.54, 1.807) is 12.1 Å². The van der Waals surface area contributed by atoms with Crippen LogP contribution in [0.4, 0.5) is 10.5 Å². The summed E-state index contributed by atoms with van der Waals surface area (Å²) in [5.41, 5.74) is 4.13. The number of H-pyrrole nitrogens is 1. The second-order valence-electron chi connectivity index (χ2n) is 13.8. The number of aryl methyl sites for hydroxylation is 1. The lowest BCUT2D eigenvalue weighted by molar-refractivity contribution is -0.896. The zero-order valence-electron chi connectivity index (χ0n) is 29.0. The number of ether oxygens (including phenoxy) is 1. The molecule has 266 valence electrons. The first-order valence-corrected chi connectivity index (χ1v) is 17.6. The van der Waals surface area contributed by atoms with Crippen LogP contribution in [0.1, 0.15) is 55.8 Å². The number of unbranched alkanes of at least 4 members (excludes halogenated alkanes) is 2. The van der Waals surface area contributed by atoms with E-state index in [0.717, 1.165) is 66.4 Å². The van der Waals surface area contributed by atoms with Gasteiger partial charge in [0.05, 0.1) is 44.5 Å². The first-order chi connectivity index (χ1) is 24.1. The minimum absolute atomic E-state index is 0.0200. The van der Waals surface area contributed by atoms with Crippen LogP contribution in [0.2, 0.25) is 0 Å². The van der Waals surface area contributed by atoms with Crippen LogP contribution in [0.25, 0.3) is 22.0 Å². The SMILES string of the molecule is C[N+]1(C)CCC(OC(=O)Nc2cc(CCC(=O)NCCCCCNC[C@H](O)c3ccc(O)c4[nH]c(=O)ccc34)ccc2-c2ccccc2)CC1. The number of phenols is 1. The van der Waals surface area contributed by atoms with Crippen LogP contribution < -0.4 is 21.5 Å². The Labute approximate surface area is 293 Å². The van der Waals surface area contributed by atoms with Gasteiger partial charge < -0.3 is 35.1 Å². The van der Waals surface area contributed by atoms with Gasteiger partial charge in [0.1, 0.15) is 11.9 Å². The number of aliphatic hydroxyl groups is 1. The number of likely N-dealkylation sites (tertiary alicyclic amines) is 1. The molecule has 3 aromatic carbocycles. The number of aromatic amines is 1. The summed E-state index contributed by atoms with van der Waals surface area (Å²) in [4.78, 5) is 39.8. The van der Waals surface area contributed by atoms with Crippen LogP contribution in [0.15, 0.2) is 77.6 Å². The van der Waals surface area contributed by atoms with Crippen molar-refractivity contribution in [2.24, 2.45) is 0 Å². The van der Waals surface area contributed by atoms with E-state index in [1.165, 1.54) is 12.1 Å². The number of anilines is 1. The smallest absolute Gasteiger partial charge is 0.411 e. The second kappa shape index (κ2) is 17.3. The van der Waals surface area contributed by atoms with Gasteiger partial charge in [0.15, 0.2) is 0 Å². The molecule has 0 aliphatic carbocycles. The fourth-order valence-electron chi connectivity index (χ4n) is 6.40. The molecule has 11 nitrogen and oxygen atoms in total. The highest BCUT2D eigenvalue weighted by Crippen LogP contribution is 2.31. The highest BCUT2D eigenvalue weighted by molar-refractivity contribution is 5.92. The van der Waals surface area contributed by atoms with Crippen LogP contribution in [-0.2, 0) is 16.0 Å². The van der Waals surface area contributed by atoms with Crippen LogP contribution in [-0.4, -0.2) is 84.6 Å². The van der Waals surface area contributed by atoms with Crippen molar-refractivity contribution in [3.8, 4) is 16.9 Å². The molecule has 0 unspecified atom stereocenters. The van der Waals surface area contributed by atoms with Gasteiger partial charge in [-0.05, 0) is 60.7 Å². The summed E-state index contributed by atoms with van der Waals surface area (Å²) in [6.07, 6.45) is 3.85. The molecule has 1 atom stereocenters. The number of fused-ring (bicyclic) bond motifs is 1. The summed E-state index contributed by atoms with van der Waals surface area (Å²) in [6, 6.07) is 21.9. The fraction of sp³-hybridized carbons (Fsp3) is 0.410. The first kappa shape index (κ1) is 36.6. The zero-order chi connectivity index (χ0) is 35.5. The molecule has 0 spiro atoms. The number of rotatable bonds is 15. The van der Waals surface area contributed by atoms with Crippen molar-refractivity contribution >= 4 is 28.6 Å². The van der Waals surface area contributed by atoms with E-state index in [1.807, 2.05) is 48.5 Å². The Morgan fingerprint density at radius 1 is 0.960 bits per heavy atom. The molecule has 1 fully saturated rings. The number of benzene rings is 3. The number of carbonyl (C=O) groups is 2. The number of aromatic nitrogens is 1. The number of hydrogen-bond donors (Lipinski definition) is 6. The van der Waals surface area contributed by atoms with E-state index < -0.39 is 12.2 Å². The molecule has 5 rings (SSSR count). The molecule has 0 radical (unpaired) electrons. The topological polar surface area (TPSA) is 153 Å². The van der Waals surface area contributed by atoms with Crippen molar-refractivity contribution in [2.75, 3.05) is 52.1 Å². The van der Waals surface area contributed by atoms with E-state index in [9.17, 15) is 24.6 Å². The summed E-state index contributed by atoms with van der Waals surface area (Å²) < 4.78 is 6.73. The Balaban J connectivity index is 1.02. The minimum Gasteiger partial charge on any atom is -0.506 e. The minimum atomic E-state index is -0.799. The third-order valence-corrected chi connectivity index (χ3v) is 9.39. The second-order valence-corrected chi connectivity index (χ2v) is 13.8. The van der Waals surface area contributed by atoms with Gasteiger partial charge in [-0.15, -0.1) is 0 Å². The van der Waals surface area contributed by atoms with E-state index in [0.29, 0.717) is 54.6 Å². The molecule has 1 aromatic heterocycles. The summed E-state index contributed by atoms with van der Waals surface area (Å²) >= 11 is 0. The third kappa shape index (κ3) is 10.4. The van der Waals surface area contributed by atoms with E-state index >= 15 is 0 Å². The van der Waals surface area contributed by atoms with E-state index in [2.05, 4.69) is 35.0 Å². The van der Waals surface area contributed by atoms with Gasteiger partial charge in [0.25, 0.3) is 0 Å². The van der Waals surface area contributed by atoms with Crippen LogP contribution in [0, 0.1) is 0 Å². The van der Waals surface area contributed by atoms with Gasteiger partial charge in [-0.25, -0.2) is 4.79 Å². The lowest BCUT2D eigenvalue weighted by atomic mass is 9.99. The Morgan fingerprint density at radius 3 is 2.50 bits per heavy atom. The number of nitrogens with one attached hydrogen (secondary N) is 4. The van der Waals surface area contributed by atoms with Gasteiger partial charge in [0.2, 0.25) is 11.5 Å². The Kier molecular flexibility index (Phi) is 12.6. The summed E-state index contributed by atoms with van der Waals surface area (Å²) in [6.45, 7) is 3.57. The number of amides is 2. The monoisotopic (exact) mass is 684 g/mol. The first-order valence-electron chi connectivity index (χ1n) is 17.6. The maximum absolute atomic E-state index is 12.9. The summed E-state index contributed by atoms with van der Waals surface area (Å²) in [5.74, 6) is -0.0569. The van der Waals surface area contributed by atoms with E-state index in [4.69, 9.17) is 4.74 Å². The molecule has 1 aliphatic heterocycles. The highest BCUT2D eigenvalue weighted by atomic mass is 16.6. The quantitative estimate of drug-likeness (QED) is 0.0741. The summed E-state index contributed by atoms with van der Waals surface area (Å²) in [7, 11) is 4.39. The van der Waals surface area contributed by atoms with E-state index in [-0.39, 0.29) is 23.3 Å². The molecule has 50 heavy (non-hydrogen) atoms. The molecular weight excluding hydrogens is 634 g/mol. The van der Waals surface area contributed by atoms with Gasteiger partial charge in [-0.3, -0.25) is 14.9 Å². The van der Waals surface area contributed by atoms with Crippen molar-refractivity contribution < 1.29 is 29.0 Å². The van der Waals surface area contributed by atoms with Crippen molar-refractivity contribution in [3.63, 3.8) is 0 Å². The summed E-state index contributed by atoms with van der Waals surface area (Å²) in [5, 5.41) is 30.6. The molecule has 4 aromatic rings. The number of quaternary nitrogens is 1. The van der Waals surface area contributed by atoms with Gasteiger partial charge in [0, 0.05) is 49.4 Å². The van der Waals surface area contributed by atoms with Crippen molar-refractivity contribution in [1.82, 2.24) is 15.6 Å². The molecule has 11 heteroatoms. The normalized spacial score (nSPS) is 15.0. The molecule has 6 N–H and O–H groups in total. The van der Waals surface area contributed by atoms with Crippen molar-refractivity contribution in [3.05, 3.63) is 94.3 Å². The molecular formula is C39H50N5O6+. The van der Waals surface area contributed by atoms with Crippen LogP contribution in [0.5, 0.6) is 5.75 Å². The number of nitrogens with zero attached hydrogens (tertiary/aromatic N) is 1. The number of hydrogen-bond acceptors (Lipinski definition) is 7. The van der Waals surface area contributed by atoms with Crippen LogP contribution in [0.3, 0.4) is 0 Å². The average molecular weight is 685 g/mol. The predicted molar refractivity (Wildman–Crippen MR) is 196 cm³/mol. The molecule has 0 bridgehead atoms. The van der Waals surface area contributed by atoms with Crippen molar-refractivity contribution in [1.29, 1.82) is 0 Å². The fourth-order valence-corrected chi connectivity index (χ4v) is 6.40. The molecule has 1 aliphatic rings. The Hall–Kier alpha value is -4.71. The van der Waals surface area contributed by atoms with Gasteiger partial charge in [-0.2, -0.15) is 0 Å². The maximum Gasteiger partial charge on any atom is 0.411 e. The lowest BCUT2D eigenvalue weighted by Gasteiger charge is -2.36. The zero-order valence-corrected chi connectivity index (χ0v) is 29.0. The standard InChI is InChI=1S/C39H49N5O6/c1-44(2)23-19-29(20-24-44)50-39(49)42-33-25-27(11-13-30(33)28-9-5-3-6-10-28)12-17-36(47)41-22-8-4-7-21-40-26-35(46)31-14-16-34(45)38-32(31)15-18-37(48)43-38/h3,5-6,9-11,13-16,18,25,29,35,40,46H,4,7-8,12,17,19-24,26H2,1-2H3,(H3-,41,42,43,45,47,48,49)/p+1/t35-/m0/s1. The Bertz CT molecular complexity index is 1800. The molecule has 1 saturated heterocycles. The number of carbonyl (C=O) groups excluding carboxylic acids is 2. The molecule has 2 amide bonds. The van der Waals surface area contributed by atoms with Crippen molar-refractivity contribution in [2.45, 2.75) is 57.2 Å². The predicted octanol–water partition coefficient (Wildman–Crippen LogP) is 5.23. The molecule has 0 saturated carbocycles. The lowest BCUT2D eigenvalue weighted by Crippen LogP contribution is -2.48. The van der Waals surface area contributed by atoms with Gasteiger partial charge in [-0.1, -0.05) is 55.0 Å². The third-order valence-electron chi connectivity index (χ3n) is 9.39. The molecule has 2 heterocycles. The van der Waals surface area contributed by atoms with Gasteiger partial charge >= 0.3 is 6.09 Å². The maximum atomic E-state index is 12.9. The number of phenolic OH excluding ortho intramolecular Hbond substituents is 1. The number of aliphatic hydroxyl groups excluding tert-OH is 1.